The summed E-state index contributed by atoms with van der Waals surface area (Å²) >= 11 is 0. The highest BCUT2D eigenvalue weighted by atomic mass is 16.3. The van der Waals surface area contributed by atoms with E-state index >= 15 is 0 Å². The van der Waals surface area contributed by atoms with E-state index in [-0.39, 0.29) is 17.4 Å². The quantitative estimate of drug-likeness (QED) is 0.773. The number of aliphatic hydroxyl groups is 1. The summed E-state index contributed by atoms with van der Waals surface area (Å²) in [5.41, 5.74) is -0.0973. The third kappa shape index (κ3) is 2.46. The molecular formula is C13H23NO2. The molecule has 0 spiro atoms. The van der Waals surface area contributed by atoms with Gasteiger partial charge in [-0.25, -0.2) is 0 Å². The highest BCUT2D eigenvalue weighted by molar-refractivity contribution is 5.88. The molecule has 1 saturated heterocycles. The van der Waals surface area contributed by atoms with Crippen LogP contribution >= 0.6 is 0 Å². The summed E-state index contributed by atoms with van der Waals surface area (Å²) in [5.74, 6) is 0.684. The monoisotopic (exact) mass is 225 g/mol. The van der Waals surface area contributed by atoms with Crippen molar-refractivity contribution >= 4 is 5.78 Å². The molecule has 0 radical (unpaired) electrons. The van der Waals surface area contributed by atoms with Gasteiger partial charge in [-0.1, -0.05) is 13.8 Å². The molecule has 0 aromatic carbocycles. The number of hydrogen-bond acceptors (Lipinski definition) is 3. The smallest absolute Gasteiger partial charge is 0.142 e. The van der Waals surface area contributed by atoms with Gasteiger partial charge in [0.25, 0.3) is 0 Å². The summed E-state index contributed by atoms with van der Waals surface area (Å²) in [5, 5.41) is 9.43. The topological polar surface area (TPSA) is 40.5 Å². The first-order valence-corrected chi connectivity index (χ1v) is 6.44. The van der Waals surface area contributed by atoms with Crippen molar-refractivity contribution in [3.8, 4) is 0 Å². The molecule has 0 aromatic heterocycles. The zero-order valence-electron chi connectivity index (χ0n) is 10.4. The van der Waals surface area contributed by atoms with Crippen LogP contribution in [0, 0.1) is 11.3 Å². The van der Waals surface area contributed by atoms with Gasteiger partial charge in [0.05, 0.1) is 6.10 Å². The maximum Gasteiger partial charge on any atom is 0.142 e. The molecule has 3 heteroatoms. The number of carbonyl (C=O) groups is 1. The van der Waals surface area contributed by atoms with Crippen LogP contribution < -0.4 is 0 Å². The number of ketones is 1. The molecule has 0 aromatic rings. The van der Waals surface area contributed by atoms with Crippen LogP contribution in [-0.2, 0) is 4.79 Å². The van der Waals surface area contributed by atoms with Crippen LogP contribution in [0.2, 0.25) is 0 Å². The van der Waals surface area contributed by atoms with Gasteiger partial charge >= 0.3 is 0 Å². The zero-order chi connectivity index (χ0) is 11.8. The zero-order valence-corrected chi connectivity index (χ0v) is 10.4. The van der Waals surface area contributed by atoms with Gasteiger partial charge in [0.15, 0.2) is 0 Å². The molecule has 2 fully saturated rings. The van der Waals surface area contributed by atoms with E-state index in [0.29, 0.717) is 5.78 Å². The van der Waals surface area contributed by atoms with Crippen LogP contribution in [0.4, 0.5) is 0 Å². The molecule has 1 aliphatic carbocycles. The molecule has 1 atom stereocenters. The van der Waals surface area contributed by atoms with E-state index in [1.807, 2.05) is 0 Å². The lowest BCUT2D eigenvalue weighted by atomic mass is 9.89. The Bertz CT molecular complexity index is 267. The molecule has 2 aliphatic rings. The standard InChI is InChI=1S/C13H23NO2/c1-13(2)6-3-10(12(13)16)9-14-7-4-11(15)5-8-14/h10-11,15H,3-9H2,1-2H3. The molecule has 1 unspecified atom stereocenters. The fourth-order valence-corrected chi connectivity index (χ4v) is 2.93. The molecule has 1 heterocycles. The number of rotatable bonds is 2. The lowest BCUT2D eigenvalue weighted by molar-refractivity contribution is -0.128. The van der Waals surface area contributed by atoms with E-state index in [4.69, 9.17) is 0 Å². The Morgan fingerprint density at radius 3 is 2.44 bits per heavy atom. The summed E-state index contributed by atoms with van der Waals surface area (Å²) in [7, 11) is 0. The second kappa shape index (κ2) is 4.46. The average Bonchev–Trinajstić information content (AvgIpc) is 2.49. The van der Waals surface area contributed by atoms with Gasteiger partial charge in [0.1, 0.15) is 5.78 Å². The molecular weight excluding hydrogens is 202 g/mol. The second-order valence-corrected chi connectivity index (χ2v) is 6.02. The van der Waals surface area contributed by atoms with Gasteiger partial charge < -0.3 is 10.0 Å². The normalized spacial score (nSPS) is 32.2. The molecule has 3 nitrogen and oxygen atoms in total. The number of hydrogen-bond donors (Lipinski definition) is 1. The van der Waals surface area contributed by atoms with Crippen molar-refractivity contribution in [2.24, 2.45) is 11.3 Å². The SMILES string of the molecule is CC1(C)CCC(CN2CCC(O)CC2)C1=O. The van der Waals surface area contributed by atoms with Crippen LogP contribution in [0.1, 0.15) is 39.5 Å². The minimum absolute atomic E-state index is 0.0973. The molecule has 2 rings (SSSR count). The summed E-state index contributed by atoms with van der Waals surface area (Å²) < 4.78 is 0. The first kappa shape index (κ1) is 12.1. The highest BCUT2D eigenvalue weighted by Crippen LogP contribution is 2.38. The summed E-state index contributed by atoms with van der Waals surface area (Å²) in [6.45, 7) is 6.94. The minimum Gasteiger partial charge on any atom is -0.393 e. The number of Topliss-reactive ketones (excluding diaryl/α,β-unsaturated/α-hetero) is 1. The van der Waals surface area contributed by atoms with Gasteiger partial charge in [-0.3, -0.25) is 4.79 Å². The molecule has 92 valence electrons. The summed E-state index contributed by atoms with van der Waals surface area (Å²) in [4.78, 5) is 14.4. The van der Waals surface area contributed by atoms with E-state index in [1.54, 1.807) is 0 Å². The Kier molecular flexibility index (Phi) is 3.36. The van der Waals surface area contributed by atoms with Crippen LogP contribution in [0.5, 0.6) is 0 Å². The van der Waals surface area contributed by atoms with Gasteiger partial charge in [0, 0.05) is 31.0 Å². The van der Waals surface area contributed by atoms with Crippen molar-refractivity contribution in [3.63, 3.8) is 0 Å². The van der Waals surface area contributed by atoms with Gasteiger partial charge in [0.2, 0.25) is 0 Å². The summed E-state index contributed by atoms with van der Waals surface area (Å²) in [6, 6.07) is 0. The molecule has 1 aliphatic heterocycles. The minimum atomic E-state index is -0.119. The van der Waals surface area contributed by atoms with E-state index < -0.39 is 0 Å². The highest BCUT2D eigenvalue weighted by Gasteiger charge is 2.40. The molecule has 0 amide bonds. The third-order valence-corrected chi connectivity index (χ3v) is 4.19. The van der Waals surface area contributed by atoms with E-state index in [9.17, 15) is 9.90 Å². The maximum atomic E-state index is 12.1. The Hall–Kier alpha value is -0.410. The van der Waals surface area contributed by atoms with Gasteiger partial charge in [-0.15, -0.1) is 0 Å². The first-order chi connectivity index (χ1) is 7.49. The molecule has 1 N–H and O–H groups in total. The fraction of sp³-hybridized carbons (Fsp3) is 0.923. The molecule has 0 bridgehead atoms. The third-order valence-electron chi connectivity index (χ3n) is 4.19. The Morgan fingerprint density at radius 1 is 1.31 bits per heavy atom. The van der Waals surface area contributed by atoms with Crippen molar-refractivity contribution in [1.29, 1.82) is 0 Å². The number of carbonyl (C=O) groups excluding carboxylic acids is 1. The van der Waals surface area contributed by atoms with Crippen molar-refractivity contribution in [3.05, 3.63) is 0 Å². The largest absolute Gasteiger partial charge is 0.393 e. The number of piperidine rings is 1. The Morgan fingerprint density at radius 2 is 1.94 bits per heavy atom. The first-order valence-electron chi connectivity index (χ1n) is 6.44. The molecule has 16 heavy (non-hydrogen) atoms. The predicted molar refractivity (Wildman–Crippen MR) is 63.2 cm³/mol. The number of nitrogens with zero attached hydrogens (tertiary/aromatic N) is 1. The van der Waals surface area contributed by atoms with Gasteiger partial charge in [-0.05, 0) is 25.7 Å². The Labute approximate surface area is 97.8 Å². The average molecular weight is 225 g/mol. The van der Waals surface area contributed by atoms with Crippen molar-refractivity contribution in [2.75, 3.05) is 19.6 Å². The van der Waals surface area contributed by atoms with Crippen LogP contribution in [0.25, 0.3) is 0 Å². The van der Waals surface area contributed by atoms with Crippen molar-refractivity contribution in [1.82, 2.24) is 4.90 Å². The second-order valence-electron chi connectivity index (χ2n) is 6.02. The van der Waals surface area contributed by atoms with Crippen LogP contribution in [0.3, 0.4) is 0 Å². The van der Waals surface area contributed by atoms with E-state index in [1.165, 1.54) is 0 Å². The summed E-state index contributed by atoms with van der Waals surface area (Å²) in [6.07, 6.45) is 3.69. The van der Waals surface area contributed by atoms with E-state index in [2.05, 4.69) is 18.7 Å². The maximum absolute atomic E-state index is 12.1. The lowest BCUT2D eigenvalue weighted by Crippen LogP contribution is -2.40. The number of likely N-dealkylation sites (tertiary alicyclic amines) is 1. The van der Waals surface area contributed by atoms with E-state index in [0.717, 1.165) is 45.3 Å². The van der Waals surface area contributed by atoms with Crippen LogP contribution in [0.15, 0.2) is 0 Å². The predicted octanol–water partition coefficient (Wildman–Crippen LogP) is 1.45. The molecule has 1 saturated carbocycles. The van der Waals surface area contributed by atoms with Crippen molar-refractivity contribution < 1.29 is 9.90 Å². The number of aliphatic hydroxyl groups excluding tert-OH is 1. The fourth-order valence-electron chi connectivity index (χ4n) is 2.93. The van der Waals surface area contributed by atoms with Crippen molar-refractivity contribution in [2.45, 2.75) is 45.6 Å². The Balaban J connectivity index is 1.85. The lowest BCUT2D eigenvalue weighted by Gasteiger charge is -2.31. The van der Waals surface area contributed by atoms with Gasteiger partial charge in [-0.2, -0.15) is 0 Å². The van der Waals surface area contributed by atoms with Crippen LogP contribution in [-0.4, -0.2) is 41.5 Å².